The third kappa shape index (κ3) is 3.34. The van der Waals surface area contributed by atoms with E-state index >= 15 is 0 Å². The van der Waals surface area contributed by atoms with Crippen LogP contribution in [0, 0.1) is 6.92 Å². The molecule has 2 rings (SSSR count). The van der Waals surface area contributed by atoms with Gasteiger partial charge >= 0.3 is 0 Å². The molecule has 0 spiro atoms. The second-order valence-electron chi connectivity index (χ2n) is 4.67. The number of amides is 1. The van der Waals surface area contributed by atoms with E-state index in [2.05, 4.69) is 10.3 Å². The SMILES string of the molecule is CCN(C(=O)c1nc(NC)ccc1Cl)c1cccc(C)c1. The average Bonchev–Trinajstić information content (AvgIpc) is 2.48. The van der Waals surface area contributed by atoms with Gasteiger partial charge < -0.3 is 10.2 Å². The van der Waals surface area contributed by atoms with Crippen LogP contribution >= 0.6 is 11.6 Å². The second-order valence-corrected chi connectivity index (χ2v) is 5.07. The lowest BCUT2D eigenvalue weighted by Gasteiger charge is -2.21. The van der Waals surface area contributed by atoms with Crippen molar-refractivity contribution >= 4 is 29.0 Å². The minimum absolute atomic E-state index is 0.204. The van der Waals surface area contributed by atoms with E-state index in [0.717, 1.165) is 11.3 Å². The van der Waals surface area contributed by atoms with Crippen LogP contribution in [0.5, 0.6) is 0 Å². The molecule has 5 heteroatoms. The van der Waals surface area contributed by atoms with Gasteiger partial charge in [-0.05, 0) is 43.7 Å². The van der Waals surface area contributed by atoms with Gasteiger partial charge in [0.15, 0.2) is 0 Å². The molecule has 0 radical (unpaired) electrons. The maximum absolute atomic E-state index is 12.7. The standard InChI is InChI=1S/C16H18ClN3O/c1-4-20(12-7-5-6-11(2)10-12)16(21)15-13(17)8-9-14(18-3)19-15/h5-10H,4H2,1-3H3,(H,18,19). The Morgan fingerprint density at radius 2 is 2.10 bits per heavy atom. The predicted molar refractivity (Wildman–Crippen MR) is 87.3 cm³/mol. The monoisotopic (exact) mass is 303 g/mol. The van der Waals surface area contributed by atoms with Crippen LogP contribution in [-0.4, -0.2) is 24.5 Å². The Bertz CT molecular complexity index is 658. The summed E-state index contributed by atoms with van der Waals surface area (Å²) in [6, 6.07) is 11.2. The molecule has 1 amide bonds. The van der Waals surface area contributed by atoms with Gasteiger partial charge in [0, 0.05) is 19.3 Å². The van der Waals surface area contributed by atoms with Crippen LogP contribution in [0.15, 0.2) is 36.4 Å². The first-order valence-corrected chi connectivity index (χ1v) is 7.17. The van der Waals surface area contributed by atoms with E-state index in [1.165, 1.54) is 0 Å². The summed E-state index contributed by atoms with van der Waals surface area (Å²) < 4.78 is 0. The molecule has 0 unspecified atom stereocenters. The first-order valence-electron chi connectivity index (χ1n) is 6.79. The van der Waals surface area contributed by atoms with Crippen molar-refractivity contribution in [2.75, 3.05) is 23.8 Å². The van der Waals surface area contributed by atoms with Crippen molar-refractivity contribution in [3.8, 4) is 0 Å². The summed E-state index contributed by atoms with van der Waals surface area (Å²) in [5.74, 6) is 0.410. The molecule has 2 aromatic rings. The van der Waals surface area contributed by atoms with E-state index in [1.54, 1.807) is 24.1 Å². The van der Waals surface area contributed by atoms with E-state index < -0.39 is 0 Å². The van der Waals surface area contributed by atoms with Crippen LogP contribution in [0.4, 0.5) is 11.5 Å². The molecule has 0 saturated carbocycles. The molecule has 0 atom stereocenters. The fraction of sp³-hybridized carbons (Fsp3) is 0.250. The smallest absolute Gasteiger partial charge is 0.278 e. The number of hydrogen-bond acceptors (Lipinski definition) is 3. The van der Waals surface area contributed by atoms with Crippen LogP contribution in [0.25, 0.3) is 0 Å². The summed E-state index contributed by atoms with van der Waals surface area (Å²) in [7, 11) is 1.75. The topological polar surface area (TPSA) is 45.2 Å². The van der Waals surface area contributed by atoms with Gasteiger partial charge in [0.2, 0.25) is 0 Å². The van der Waals surface area contributed by atoms with Crippen LogP contribution in [0.2, 0.25) is 5.02 Å². The molecule has 1 heterocycles. The van der Waals surface area contributed by atoms with Crippen molar-refractivity contribution in [2.45, 2.75) is 13.8 Å². The minimum Gasteiger partial charge on any atom is -0.373 e. The van der Waals surface area contributed by atoms with Crippen molar-refractivity contribution in [3.05, 3.63) is 52.7 Å². The number of nitrogens with zero attached hydrogens (tertiary/aromatic N) is 2. The Balaban J connectivity index is 2.41. The highest BCUT2D eigenvalue weighted by molar-refractivity contribution is 6.34. The predicted octanol–water partition coefficient (Wildman–Crippen LogP) is 3.75. The number of halogens is 1. The largest absolute Gasteiger partial charge is 0.373 e. The summed E-state index contributed by atoms with van der Waals surface area (Å²) in [5.41, 5.74) is 2.20. The first kappa shape index (κ1) is 15.3. The van der Waals surface area contributed by atoms with Crippen LogP contribution in [0.1, 0.15) is 23.0 Å². The number of hydrogen-bond donors (Lipinski definition) is 1. The van der Waals surface area contributed by atoms with Crippen LogP contribution in [-0.2, 0) is 0 Å². The quantitative estimate of drug-likeness (QED) is 0.935. The molecular weight excluding hydrogens is 286 g/mol. The van der Waals surface area contributed by atoms with E-state index in [9.17, 15) is 4.79 Å². The molecule has 1 aromatic carbocycles. The number of nitrogens with one attached hydrogen (secondary N) is 1. The van der Waals surface area contributed by atoms with Gasteiger partial charge in [-0.15, -0.1) is 0 Å². The lowest BCUT2D eigenvalue weighted by atomic mass is 10.2. The molecule has 0 aliphatic heterocycles. The van der Waals surface area contributed by atoms with Crippen molar-refractivity contribution in [1.29, 1.82) is 0 Å². The number of rotatable bonds is 4. The molecule has 0 aliphatic carbocycles. The lowest BCUT2D eigenvalue weighted by Crippen LogP contribution is -2.31. The highest BCUT2D eigenvalue weighted by Gasteiger charge is 2.20. The van der Waals surface area contributed by atoms with Crippen molar-refractivity contribution in [3.63, 3.8) is 0 Å². The molecular formula is C16H18ClN3O. The lowest BCUT2D eigenvalue weighted by molar-refractivity contribution is 0.0984. The number of aromatic nitrogens is 1. The number of aryl methyl sites for hydroxylation is 1. The Morgan fingerprint density at radius 3 is 2.71 bits per heavy atom. The normalized spacial score (nSPS) is 10.3. The molecule has 4 nitrogen and oxygen atoms in total. The fourth-order valence-corrected chi connectivity index (χ4v) is 2.28. The van der Waals surface area contributed by atoms with E-state index in [-0.39, 0.29) is 11.6 Å². The van der Waals surface area contributed by atoms with Crippen molar-refractivity contribution in [2.24, 2.45) is 0 Å². The Labute approximate surface area is 129 Å². The molecule has 21 heavy (non-hydrogen) atoms. The van der Waals surface area contributed by atoms with Gasteiger partial charge in [-0.1, -0.05) is 23.7 Å². The number of benzene rings is 1. The van der Waals surface area contributed by atoms with Gasteiger partial charge in [0.05, 0.1) is 5.02 Å². The Kier molecular flexibility index (Phi) is 4.81. The number of carbonyl (C=O) groups is 1. The zero-order chi connectivity index (χ0) is 15.4. The van der Waals surface area contributed by atoms with Gasteiger partial charge in [-0.25, -0.2) is 4.98 Å². The maximum Gasteiger partial charge on any atom is 0.278 e. The summed E-state index contributed by atoms with van der Waals surface area (Å²) in [5, 5.41) is 3.27. The third-order valence-electron chi connectivity index (χ3n) is 3.18. The molecule has 1 aromatic heterocycles. The summed E-state index contributed by atoms with van der Waals surface area (Å²) >= 11 is 6.13. The van der Waals surface area contributed by atoms with E-state index in [0.29, 0.717) is 17.4 Å². The van der Waals surface area contributed by atoms with Gasteiger partial charge in [0.1, 0.15) is 11.5 Å². The molecule has 0 aliphatic rings. The second kappa shape index (κ2) is 6.59. The molecule has 0 fully saturated rings. The van der Waals surface area contributed by atoms with Crippen LogP contribution < -0.4 is 10.2 Å². The zero-order valence-electron chi connectivity index (χ0n) is 12.4. The molecule has 0 bridgehead atoms. The van der Waals surface area contributed by atoms with Crippen molar-refractivity contribution in [1.82, 2.24) is 4.98 Å². The molecule has 110 valence electrons. The highest BCUT2D eigenvalue weighted by atomic mass is 35.5. The van der Waals surface area contributed by atoms with Crippen molar-refractivity contribution < 1.29 is 4.79 Å². The van der Waals surface area contributed by atoms with Gasteiger partial charge in [-0.3, -0.25) is 4.79 Å². The summed E-state index contributed by atoms with van der Waals surface area (Å²) in [6.45, 7) is 4.47. The summed E-state index contributed by atoms with van der Waals surface area (Å²) in [4.78, 5) is 18.7. The Hall–Kier alpha value is -2.07. The third-order valence-corrected chi connectivity index (χ3v) is 3.48. The van der Waals surface area contributed by atoms with E-state index in [1.807, 2.05) is 38.1 Å². The molecule has 0 saturated heterocycles. The van der Waals surface area contributed by atoms with Crippen LogP contribution in [0.3, 0.4) is 0 Å². The Morgan fingerprint density at radius 1 is 1.33 bits per heavy atom. The first-order chi connectivity index (χ1) is 10.1. The summed E-state index contributed by atoms with van der Waals surface area (Å²) in [6.07, 6.45) is 0. The zero-order valence-corrected chi connectivity index (χ0v) is 13.1. The minimum atomic E-state index is -0.204. The van der Waals surface area contributed by atoms with E-state index in [4.69, 9.17) is 11.6 Å². The number of anilines is 2. The highest BCUT2D eigenvalue weighted by Crippen LogP contribution is 2.22. The number of carbonyl (C=O) groups excluding carboxylic acids is 1. The van der Waals surface area contributed by atoms with Gasteiger partial charge in [-0.2, -0.15) is 0 Å². The molecule has 1 N–H and O–H groups in total. The number of pyridine rings is 1. The average molecular weight is 304 g/mol. The maximum atomic E-state index is 12.7. The van der Waals surface area contributed by atoms with Gasteiger partial charge in [0.25, 0.3) is 5.91 Å². The fourth-order valence-electron chi connectivity index (χ4n) is 2.10.